The van der Waals surface area contributed by atoms with Gasteiger partial charge in [-0.15, -0.1) is 0 Å². The second-order valence-electron chi connectivity index (χ2n) is 4.40. The second kappa shape index (κ2) is 4.00. The van der Waals surface area contributed by atoms with Gasteiger partial charge in [0.1, 0.15) is 11.9 Å². The van der Waals surface area contributed by atoms with E-state index in [0.29, 0.717) is 6.54 Å². The maximum atomic E-state index is 12.8. The quantitative estimate of drug-likeness (QED) is 0.836. The van der Waals surface area contributed by atoms with E-state index >= 15 is 0 Å². The molecule has 1 aromatic carbocycles. The highest BCUT2D eigenvalue weighted by Gasteiger charge is 2.44. The maximum Gasteiger partial charge on any atom is 0.410 e. The zero-order chi connectivity index (χ0) is 11.8. The first-order valence-electron chi connectivity index (χ1n) is 5.66. The number of benzene rings is 1. The van der Waals surface area contributed by atoms with Crippen LogP contribution in [-0.2, 0) is 11.3 Å². The average Bonchev–Trinajstić information content (AvgIpc) is 2.85. The summed E-state index contributed by atoms with van der Waals surface area (Å²) in [6, 6.07) is 6.30. The molecule has 0 saturated carbocycles. The molecule has 2 atom stereocenters. The molecular weight excluding hydrogens is 223 g/mol. The van der Waals surface area contributed by atoms with Crippen LogP contribution in [0.3, 0.4) is 0 Å². The van der Waals surface area contributed by atoms with Crippen LogP contribution in [0.1, 0.15) is 5.56 Å². The smallest absolute Gasteiger partial charge is 0.410 e. The van der Waals surface area contributed by atoms with Crippen LogP contribution in [0.15, 0.2) is 24.3 Å². The first-order chi connectivity index (χ1) is 8.24. The predicted molar refractivity (Wildman–Crippen MR) is 58.9 cm³/mol. The first-order valence-corrected chi connectivity index (χ1v) is 5.66. The van der Waals surface area contributed by atoms with E-state index < -0.39 is 0 Å². The molecule has 1 N–H and O–H groups in total. The minimum Gasteiger partial charge on any atom is -0.442 e. The molecule has 2 fully saturated rings. The third kappa shape index (κ3) is 1.86. The van der Waals surface area contributed by atoms with Crippen LogP contribution in [0, 0.1) is 5.82 Å². The van der Waals surface area contributed by atoms with Crippen LogP contribution in [0.4, 0.5) is 9.18 Å². The standard InChI is InChI=1S/C12H13FN2O2/c13-9-3-1-8(2-4-9)7-15-10-5-14-6-11(10)17-12(15)16/h1-4,10-11,14H,5-7H2. The average molecular weight is 236 g/mol. The van der Waals surface area contributed by atoms with Gasteiger partial charge in [-0.2, -0.15) is 0 Å². The molecule has 0 aromatic heterocycles. The lowest BCUT2D eigenvalue weighted by molar-refractivity contribution is 0.133. The van der Waals surface area contributed by atoms with Gasteiger partial charge in [0.15, 0.2) is 0 Å². The highest BCUT2D eigenvalue weighted by molar-refractivity contribution is 5.71. The molecule has 0 bridgehead atoms. The molecule has 2 saturated heterocycles. The zero-order valence-electron chi connectivity index (χ0n) is 9.23. The van der Waals surface area contributed by atoms with Gasteiger partial charge >= 0.3 is 6.09 Å². The fourth-order valence-corrected chi connectivity index (χ4v) is 2.37. The highest BCUT2D eigenvalue weighted by atomic mass is 19.1. The van der Waals surface area contributed by atoms with Crippen molar-refractivity contribution in [3.63, 3.8) is 0 Å². The zero-order valence-corrected chi connectivity index (χ0v) is 9.23. The van der Waals surface area contributed by atoms with E-state index in [-0.39, 0.29) is 24.1 Å². The Morgan fingerprint density at radius 2 is 2.12 bits per heavy atom. The Morgan fingerprint density at radius 1 is 1.35 bits per heavy atom. The number of rotatable bonds is 2. The van der Waals surface area contributed by atoms with Crippen molar-refractivity contribution in [1.82, 2.24) is 10.2 Å². The molecule has 0 spiro atoms. The van der Waals surface area contributed by atoms with E-state index in [9.17, 15) is 9.18 Å². The molecule has 17 heavy (non-hydrogen) atoms. The fraction of sp³-hybridized carbons (Fsp3) is 0.417. The number of nitrogens with one attached hydrogen (secondary N) is 1. The molecule has 0 radical (unpaired) electrons. The van der Waals surface area contributed by atoms with Crippen molar-refractivity contribution in [2.45, 2.75) is 18.7 Å². The molecule has 2 aliphatic heterocycles. The van der Waals surface area contributed by atoms with E-state index in [2.05, 4.69) is 5.32 Å². The molecule has 2 unspecified atom stereocenters. The van der Waals surface area contributed by atoms with E-state index in [1.807, 2.05) is 0 Å². The molecule has 0 aliphatic carbocycles. The van der Waals surface area contributed by atoms with Gasteiger partial charge in [-0.3, -0.25) is 4.90 Å². The summed E-state index contributed by atoms with van der Waals surface area (Å²) in [6.07, 6.45) is -0.311. The highest BCUT2D eigenvalue weighted by Crippen LogP contribution is 2.24. The van der Waals surface area contributed by atoms with Gasteiger partial charge in [0, 0.05) is 19.6 Å². The minimum absolute atomic E-state index is 0.0389. The number of halogens is 1. The normalized spacial score (nSPS) is 27.1. The van der Waals surface area contributed by atoms with Crippen LogP contribution in [0.5, 0.6) is 0 Å². The van der Waals surface area contributed by atoms with Crippen LogP contribution >= 0.6 is 0 Å². The Balaban J connectivity index is 1.76. The van der Waals surface area contributed by atoms with Crippen molar-refractivity contribution in [2.75, 3.05) is 13.1 Å². The number of hydrogen-bond acceptors (Lipinski definition) is 3. The Bertz CT molecular complexity index is 435. The third-order valence-corrected chi connectivity index (χ3v) is 3.28. The fourth-order valence-electron chi connectivity index (χ4n) is 2.37. The van der Waals surface area contributed by atoms with Crippen LogP contribution in [0.25, 0.3) is 0 Å². The summed E-state index contributed by atoms with van der Waals surface area (Å²) in [5, 5.41) is 3.19. The van der Waals surface area contributed by atoms with Crippen molar-refractivity contribution < 1.29 is 13.9 Å². The maximum absolute atomic E-state index is 12.8. The van der Waals surface area contributed by atoms with Gasteiger partial charge in [-0.25, -0.2) is 9.18 Å². The molecule has 1 amide bonds. The summed E-state index contributed by atoms with van der Waals surface area (Å²) >= 11 is 0. The topological polar surface area (TPSA) is 41.6 Å². The SMILES string of the molecule is O=C1OC2CNCC2N1Cc1ccc(F)cc1. The van der Waals surface area contributed by atoms with E-state index in [4.69, 9.17) is 4.74 Å². The molecule has 4 nitrogen and oxygen atoms in total. The van der Waals surface area contributed by atoms with E-state index in [1.165, 1.54) is 12.1 Å². The third-order valence-electron chi connectivity index (χ3n) is 3.28. The lowest BCUT2D eigenvalue weighted by Gasteiger charge is -2.19. The summed E-state index contributed by atoms with van der Waals surface area (Å²) in [6.45, 7) is 1.95. The van der Waals surface area contributed by atoms with E-state index in [1.54, 1.807) is 17.0 Å². The Labute approximate surface area is 98.4 Å². The summed E-state index contributed by atoms with van der Waals surface area (Å²) < 4.78 is 18.0. The number of carbonyl (C=O) groups excluding carboxylic acids is 1. The molecular formula is C12H13FN2O2. The lowest BCUT2D eigenvalue weighted by Crippen LogP contribution is -2.36. The largest absolute Gasteiger partial charge is 0.442 e. The van der Waals surface area contributed by atoms with Gasteiger partial charge in [0.05, 0.1) is 6.04 Å². The van der Waals surface area contributed by atoms with Gasteiger partial charge < -0.3 is 10.1 Å². The monoisotopic (exact) mass is 236 g/mol. The molecule has 90 valence electrons. The summed E-state index contributed by atoms with van der Waals surface area (Å²) in [5.74, 6) is -0.266. The number of fused-ring (bicyclic) bond motifs is 1. The van der Waals surface area contributed by atoms with Crippen molar-refractivity contribution in [1.29, 1.82) is 0 Å². The second-order valence-corrected chi connectivity index (χ2v) is 4.40. The number of carbonyl (C=O) groups is 1. The number of hydrogen-bond donors (Lipinski definition) is 1. The predicted octanol–water partition coefficient (Wildman–Crippen LogP) is 1.12. The molecule has 5 heteroatoms. The van der Waals surface area contributed by atoms with Crippen LogP contribution in [0.2, 0.25) is 0 Å². The van der Waals surface area contributed by atoms with E-state index in [0.717, 1.165) is 18.7 Å². The van der Waals surface area contributed by atoms with Gasteiger partial charge in [-0.1, -0.05) is 12.1 Å². The molecule has 2 heterocycles. The van der Waals surface area contributed by atoms with Crippen molar-refractivity contribution in [3.05, 3.63) is 35.6 Å². The number of amides is 1. The lowest BCUT2D eigenvalue weighted by atomic mass is 10.1. The van der Waals surface area contributed by atoms with Gasteiger partial charge in [-0.05, 0) is 17.7 Å². The van der Waals surface area contributed by atoms with Gasteiger partial charge in [0.25, 0.3) is 0 Å². The van der Waals surface area contributed by atoms with Crippen molar-refractivity contribution >= 4 is 6.09 Å². The summed E-state index contributed by atoms with van der Waals surface area (Å²) in [4.78, 5) is 13.4. The van der Waals surface area contributed by atoms with Crippen molar-refractivity contribution in [3.8, 4) is 0 Å². The number of nitrogens with zero attached hydrogens (tertiary/aromatic N) is 1. The summed E-state index contributed by atoms with van der Waals surface area (Å²) in [5.41, 5.74) is 0.913. The van der Waals surface area contributed by atoms with Crippen LogP contribution < -0.4 is 5.32 Å². The first kappa shape index (κ1) is 10.5. The Hall–Kier alpha value is -1.62. The van der Waals surface area contributed by atoms with Gasteiger partial charge in [0.2, 0.25) is 0 Å². The minimum atomic E-state index is -0.272. The Morgan fingerprint density at radius 3 is 2.88 bits per heavy atom. The molecule has 2 aliphatic rings. The van der Waals surface area contributed by atoms with Crippen LogP contribution in [-0.4, -0.2) is 36.2 Å². The Kier molecular flexibility index (Phi) is 2.48. The molecule has 3 rings (SSSR count). The molecule has 1 aromatic rings. The summed E-state index contributed by atoms with van der Waals surface area (Å²) in [7, 11) is 0. The number of ether oxygens (including phenoxy) is 1. The van der Waals surface area contributed by atoms with Crippen molar-refractivity contribution in [2.24, 2.45) is 0 Å².